The molecule has 0 radical (unpaired) electrons. The van der Waals surface area contributed by atoms with Crippen molar-refractivity contribution in [1.29, 1.82) is 0 Å². The zero-order chi connectivity index (χ0) is 13.8. The molecule has 1 aromatic carbocycles. The molecule has 0 amide bonds. The molecule has 0 saturated carbocycles. The van der Waals surface area contributed by atoms with Gasteiger partial charge in [-0.3, -0.25) is 0 Å². The van der Waals surface area contributed by atoms with Crippen molar-refractivity contribution < 1.29 is 4.39 Å². The number of hydrogen-bond acceptors (Lipinski definition) is 2. The van der Waals surface area contributed by atoms with Crippen LogP contribution in [0.5, 0.6) is 0 Å². The number of rotatable bonds is 5. The average molecular weight is 326 g/mol. The Morgan fingerprint density at radius 1 is 1.47 bits per heavy atom. The molecule has 0 aliphatic heterocycles. The predicted octanol–water partition coefficient (Wildman–Crippen LogP) is 3.11. The molecule has 5 heteroatoms. The summed E-state index contributed by atoms with van der Waals surface area (Å²) in [6, 6.07) is 4.86. The third-order valence-electron chi connectivity index (χ3n) is 3.05. The van der Waals surface area contributed by atoms with E-state index in [1.54, 1.807) is 12.4 Å². The Bertz CT molecular complexity index is 553. The average Bonchev–Trinajstić information content (AvgIpc) is 2.80. The van der Waals surface area contributed by atoms with Crippen molar-refractivity contribution in [3.8, 4) is 0 Å². The first-order chi connectivity index (χ1) is 9.08. The van der Waals surface area contributed by atoms with Crippen molar-refractivity contribution in [2.45, 2.75) is 32.4 Å². The summed E-state index contributed by atoms with van der Waals surface area (Å²) in [6.07, 6.45) is 5.50. The van der Waals surface area contributed by atoms with Crippen LogP contribution in [0.15, 0.2) is 35.2 Å². The number of hydrogen-bond donors (Lipinski definition) is 1. The summed E-state index contributed by atoms with van der Waals surface area (Å²) in [7, 11) is 0. The van der Waals surface area contributed by atoms with E-state index in [2.05, 4.69) is 27.8 Å². The van der Waals surface area contributed by atoms with Gasteiger partial charge in [-0.25, -0.2) is 9.37 Å². The summed E-state index contributed by atoms with van der Waals surface area (Å²) in [5, 5.41) is 0. The standard InChI is InChI=1S/C14H17BrFN3/c1-2-12(17)6-13-8-19(9-18-13)7-10-3-4-11(16)5-14(10)15/h3-5,8-9,12H,2,6-7,17H2,1H3. The molecule has 0 aliphatic rings. The summed E-state index contributed by atoms with van der Waals surface area (Å²) in [5.74, 6) is -0.240. The lowest BCUT2D eigenvalue weighted by Crippen LogP contribution is -2.21. The Kier molecular flexibility index (Phi) is 4.71. The third kappa shape index (κ3) is 3.88. The Morgan fingerprint density at radius 3 is 2.95 bits per heavy atom. The highest BCUT2D eigenvalue weighted by atomic mass is 79.9. The van der Waals surface area contributed by atoms with Crippen LogP contribution in [0, 0.1) is 5.82 Å². The second-order valence-electron chi connectivity index (χ2n) is 4.65. The largest absolute Gasteiger partial charge is 0.333 e. The van der Waals surface area contributed by atoms with Crippen molar-refractivity contribution in [3.05, 3.63) is 52.3 Å². The van der Waals surface area contributed by atoms with Gasteiger partial charge >= 0.3 is 0 Å². The van der Waals surface area contributed by atoms with Crippen LogP contribution in [0.1, 0.15) is 24.6 Å². The van der Waals surface area contributed by atoms with Crippen LogP contribution >= 0.6 is 15.9 Å². The van der Waals surface area contributed by atoms with E-state index in [1.807, 2.05) is 10.8 Å². The molecule has 2 N–H and O–H groups in total. The van der Waals surface area contributed by atoms with Crippen molar-refractivity contribution in [1.82, 2.24) is 9.55 Å². The highest BCUT2D eigenvalue weighted by Gasteiger charge is 2.06. The van der Waals surface area contributed by atoms with Crippen LogP contribution in [-0.2, 0) is 13.0 Å². The van der Waals surface area contributed by atoms with Crippen molar-refractivity contribution in [3.63, 3.8) is 0 Å². The first-order valence-corrected chi connectivity index (χ1v) is 7.08. The summed E-state index contributed by atoms with van der Waals surface area (Å²) in [6.45, 7) is 2.73. The first-order valence-electron chi connectivity index (χ1n) is 6.28. The molecule has 3 nitrogen and oxygen atoms in total. The molecular formula is C14H17BrFN3. The Hall–Kier alpha value is -1.20. The van der Waals surface area contributed by atoms with Gasteiger partial charge in [-0.1, -0.05) is 28.9 Å². The Morgan fingerprint density at radius 2 is 2.26 bits per heavy atom. The molecule has 2 aromatic rings. The summed E-state index contributed by atoms with van der Waals surface area (Å²) >= 11 is 3.37. The van der Waals surface area contributed by atoms with E-state index in [4.69, 9.17) is 5.73 Å². The van der Waals surface area contributed by atoms with Gasteiger partial charge in [-0.2, -0.15) is 0 Å². The molecule has 0 saturated heterocycles. The van der Waals surface area contributed by atoms with E-state index in [9.17, 15) is 4.39 Å². The number of imidazole rings is 1. The zero-order valence-corrected chi connectivity index (χ0v) is 12.4. The lowest BCUT2D eigenvalue weighted by atomic mass is 10.1. The van der Waals surface area contributed by atoms with Crippen LogP contribution < -0.4 is 5.73 Å². The van der Waals surface area contributed by atoms with Crippen molar-refractivity contribution in [2.75, 3.05) is 0 Å². The lowest BCUT2D eigenvalue weighted by Gasteiger charge is -2.06. The van der Waals surface area contributed by atoms with Gasteiger partial charge in [0, 0.05) is 29.7 Å². The van der Waals surface area contributed by atoms with E-state index in [0.29, 0.717) is 6.54 Å². The highest BCUT2D eigenvalue weighted by Crippen LogP contribution is 2.19. The van der Waals surface area contributed by atoms with Gasteiger partial charge in [-0.05, 0) is 24.1 Å². The number of halogens is 2. The minimum Gasteiger partial charge on any atom is -0.333 e. The Balaban J connectivity index is 2.07. The number of benzene rings is 1. The molecule has 19 heavy (non-hydrogen) atoms. The fraction of sp³-hybridized carbons (Fsp3) is 0.357. The van der Waals surface area contributed by atoms with Crippen molar-refractivity contribution >= 4 is 15.9 Å². The van der Waals surface area contributed by atoms with E-state index >= 15 is 0 Å². The van der Waals surface area contributed by atoms with Gasteiger partial charge in [0.25, 0.3) is 0 Å². The molecular weight excluding hydrogens is 309 g/mol. The molecule has 0 aliphatic carbocycles. The summed E-state index contributed by atoms with van der Waals surface area (Å²) in [5.41, 5.74) is 7.92. The number of nitrogens with zero attached hydrogens (tertiary/aromatic N) is 2. The fourth-order valence-electron chi connectivity index (χ4n) is 1.86. The predicted molar refractivity (Wildman–Crippen MR) is 77.4 cm³/mol. The molecule has 2 rings (SSSR count). The molecule has 1 atom stereocenters. The molecule has 0 bridgehead atoms. The molecule has 1 unspecified atom stereocenters. The normalized spacial score (nSPS) is 12.6. The van der Waals surface area contributed by atoms with Gasteiger partial charge in [0.1, 0.15) is 5.82 Å². The monoisotopic (exact) mass is 325 g/mol. The van der Waals surface area contributed by atoms with E-state index < -0.39 is 0 Å². The fourth-order valence-corrected chi connectivity index (χ4v) is 2.33. The third-order valence-corrected chi connectivity index (χ3v) is 3.79. The topological polar surface area (TPSA) is 43.8 Å². The first kappa shape index (κ1) is 14.2. The maximum absolute atomic E-state index is 13.0. The van der Waals surface area contributed by atoms with E-state index in [-0.39, 0.29) is 11.9 Å². The Labute approximate surface area is 120 Å². The maximum Gasteiger partial charge on any atom is 0.124 e. The lowest BCUT2D eigenvalue weighted by molar-refractivity contribution is 0.625. The van der Waals surface area contributed by atoms with Crippen LogP contribution in [0.4, 0.5) is 4.39 Å². The van der Waals surface area contributed by atoms with Crippen molar-refractivity contribution in [2.24, 2.45) is 5.73 Å². The van der Waals surface area contributed by atoms with Crippen LogP contribution in [0.3, 0.4) is 0 Å². The van der Waals surface area contributed by atoms with Gasteiger partial charge in [0.2, 0.25) is 0 Å². The van der Waals surface area contributed by atoms with Gasteiger partial charge in [-0.15, -0.1) is 0 Å². The molecule has 1 heterocycles. The highest BCUT2D eigenvalue weighted by molar-refractivity contribution is 9.10. The molecule has 102 valence electrons. The van der Waals surface area contributed by atoms with Crippen LogP contribution in [0.25, 0.3) is 0 Å². The molecule has 0 fully saturated rings. The quantitative estimate of drug-likeness (QED) is 0.917. The number of nitrogens with two attached hydrogens (primary N) is 1. The van der Waals surface area contributed by atoms with Gasteiger partial charge in [0.15, 0.2) is 0 Å². The van der Waals surface area contributed by atoms with Gasteiger partial charge < -0.3 is 10.3 Å². The minimum absolute atomic E-state index is 0.154. The second kappa shape index (κ2) is 6.30. The van der Waals surface area contributed by atoms with E-state index in [0.717, 1.165) is 28.6 Å². The smallest absolute Gasteiger partial charge is 0.124 e. The zero-order valence-electron chi connectivity index (χ0n) is 10.8. The van der Waals surface area contributed by atoms with Crippen LogP contribution in [-0.4, -0.2) is 15.6 Å². The maximum atomic E-state index is 13.0. The SMILES string of the molecule is CCC(N)Cc1cn(Cc2ccc(F)cc2Br)cn1. The summed E-state index contributed by atoms with van der Waals surface area (Å²) in [4.78, 5) is 4.34. The van der Waals surface area contributed by atoms with E-state index in [1.165, 1.54) is 12.1 Å². The van der Waals surface area contributed by atoms with Gasteiger partial charge in [0.05, 0.1) is 12.0 Å². The van der Waals surface area contributed by atoms with Crippen LogP contribution in [0.2, 0.25) is 0 Å². The molecule has 1 aromatic heterocycles. The second-order valence-corrected chi connectivity index (χ2v) is 5.50. The summed E-state index contributed by atoms with van der Waals surface area (Å²) < 4.78 is 15.8. The number of aromatic nitrogens is 2. The minimum atomic E-state index is -0.240. The molecule has 0 spiro atoms.